The van der Waals surface area contributed by atoms with E-state index in [0.717, 1.165) is 29.4 Å². The summed E-state index contributed by atoms with van der Waals surface area (Å²) in [7, 11) is 0. The van der Waals surface area contributed by atoms with Crippen LogP contribution in [0, 0.1) is 24.7 Å². The highest BCUT2D eigenvalue weighted by Gasteiger charge is 2.41. The molecule has 2 saturated carbocycles. The molecule has 2 aliphatic rings. The minimum Gasteiger partial charge on any atom is -0.477 e. The van der Waals surface area contributed by atoms with Gasteiger partial charge in [-0.2, -0.15) is 0 Å². The smallest absolute Gasteiger partial charge is 0.347 e. The van der Waals surface area contributed by atoms with Crippen LogP contribution in [0.5, 0.6) is 0 Å². The Morgan fingerprint density at radius 2 is 2.06 bits per heavy atom. The fraction of sp³-hybridized carbons (Fsp3) is 0.692. The molecule has 0 unspecified atom stereocenters. The van der Waals surface area contributed by atoms with Crippen LogP contribution < -0.4 is 5.32 Å². The van der Waals surface area contributed by atoms with Crippen molar-refractivity contribution in [3.63, 3.8) is 0 Å². The van der Waals surface area contributed by atoms with E-state index in [1.165, 1.54) is 37.0 Å². The van der Waals surface area contributed by atoms with Gasteiger partial charge in [0.25, 0.3) is 0 Å². The van der Waals surface area contributed by atoms with Crippen LogP contribution in [-0.2, 0) is 0 Å². The molecule has 1 heterocycles. The maximum atomic E-state index is 11.0. The van der Waals surface area contributed by atoms with Gasteiger partial charge in [-0.15, -0.1) is 0 Å². The standard InChI is InChI=1S/C13H18N2O2S/c1-7-11(12(16)17)18-13(15-7)14-6-10(8-2-3-8)9-4-5-9/h8-10H,2-6H2,1H3,(H,14,15)(H,16,17). The van der Waals surface area contributed by atoms with Crippen molar-refractivity contribution in [2.75, 3.05) is 11.9 Å². The van der Waals surface area contributed by atoms with E-state index < -0.39 is 5.97 Å². The van der Waals surface area contributed by atoms with E-state index in [0.29, 0.717) is 10.6 Å². The summed E-state index contributed by atoms with van der Waals surface area (Å²) in [4.78, 5) is 15.6. The largest absolute Gasteiger partial charge is 0.477 e. The summed E-state index contributed by atoms with van der Waals surface area (Å²) in [5.74, 6) is 1.72. The van der Waals surface area contributed by atoms with Crippen molar-refractivity contribution < 1.29 is 9.90 Å². The zero-order chi connectivity index (χ0) is 12.7. The van der Waals surface area contributed by atoms with Gasteiger partial charge in [0, 0.05) is 6.54 Å². The third-order valence-corrected chi connectivity index (χ3v) is 5.04. The van der Waals surface area contributed by atoms with Crippen molar-refractivity contribution >= 4 is 22.4 Å². The van der Waals surface area contributed by atoms with E-state index in [1.807, 2.05) is 0 Å². The van der Waals surface area contributed by atoms with E-state index in [1.54, 1.807) is 6.92 Å². The highest BCUT2D eigenvalue weighted by atomic mass is 32.1. The van der Waals surface area contributed by atoms with E-state index >= 15 is 0 Å². The molecule has 0 bridgehead atoms. The molecule has 4 nitrogen and oxygen atoms in total. The van der Waals surface area contributed by atoms with Gasteiger partial charge in [0.2, 0.25) is 0 Å². The van der Waals surface area contributed by atoms with Crippen molar-refractivity contribution in [2.24, 2.45) is 17.8 Å². The number of nitrogens with zero attached hydrogens (tertiary/aromatic N) is 1. The van der Waals surface area contributed by atoms with Crippen molar-refractivity contribution in [3.05, 3.63) is 10.6 Å². The third-order valence-electron chi connectivity index (χ3n) is 3.93. The summed E-state index contributed by atoms with van der Waals surface area (Å²) < 4.78 is 0. The number of hydrogen-bond donors (Lipinski definition) is 2. The molecule has 0 atom stereocenters. The first-order valence-electron chi connectivity index (χ1n) is 6.59. The lowest BCUT2D eigenvalue weighted by molar-refractivity contribution is 0.0701. The number of carbonyl (C=O) groups is 1. The van der Waals surface area contributed by atoms with Crippen molar-refractivity contribution in [2.45, 2.75) is 32.6 Å². The van der Waals surface area contributed by atoms with Gasteiger partial charge in [0.05, 0.1) is 5.69 Å². The second-order valence-corrected chi connectivity index (χ2v) is 6.46. The number of carboxylic acid groups (broad SMARTS) is 1. The topological polar surface area (TPSA) is 62.2 Å². The number of nitrogens with one attached hydrogen (secondary N) is 1. The number of aryl methyl sites for hydroxylation is 1. The lowest BCUT2D eigenvalue weighted by Gasteiger charge is -2.15. The molecule has 1 aromatic rings. The normalized spacial score (nSPS) is 19.2. The summed E-state index contributed by atoms with van der Waals surface area (Å²) in [6.45, 7) is 2.71. The third kappa shape index (κ3) is 2.51. The Morgan fingerprint density at radius 3 is 2.50 bits per heavy atom. The first kappa shape index (κ1) is 12.0. The lowest BCUT2D eigenvalue weighted by Crippen LogP contribution is -2.18. The second-order valence-electron chi connectivity index (χ2n) is 5.46. The molecule has 98 valence electrons. The average Bonchev–Trinajstić information content (AvgIpc) is 3.19. The molecule has 2 N–H and O–H groups in total. The van der Waals surface area contributed by atoms with Crippen LogP contribution in [0.15, 0.2) is 0 Å². The molecule has 3 rings (SSSR count). The number of aromatic carboxylic acids is 1. The summed E-state index contributed by atoms with van der Waals surface area (Å²) >= 11 is 1.25. The summed E-state index contributed by atoms with van der Waals surface area (Å²) in [6, 6.07) is 0. The van der Waals surface area contributed by atoms with Gasteiger partial charge in [-0.1, -0.05) is 11.3 Å². The zero-order valence-electron chi connectivity index (χ0n) is 10.5. The monoisotopic (exact) mass is 266 g/mol. The number of hydrogen-bond acceptors (Lipinski definition) is 4. The molecule has 5 heteroatoms. The van der Waals surface area contributed by atoms with Crippen LogP contribution in [0.2, 0.25) is 0 Å². The maximum absolute atomic E-state index is 11.0. The van der Waals surface area contributed by atoms with Gasteiger partial charge in [-0.3, -0.25) is 0 Å². The number of carboxylic acids is 1. The molecule has 0 spiro atoms. The number of rotatable bonds is 6. The Morgan fingerprint density at radius 1 is 1.44 bits per heavy atom. The van der Waals surface area contributed by atoms with Crippen LogP contribution in [0.4, 0.5) is 5.13 Å². The van der Waals surface area contributed by atoms with Gasteiger partial charge in [-0.25, -0.2) is 9.78 Å². The molecule has 0 amide bonds. The molecule has 18 heavy (non-hydrogen) atoms. The minimum absolute atomic E-state index is 0.354. The Labute approximate surface area is 110 Å². The maximum Gasteiger partial charge on any atom is 0.347 e. The molecule has 1 aromatic heterocycles. The molecule has 2 aliphatic carbocycles. The van der Waals surface area contributed by atoms with Crippen LogP contribution in [-0.4, -0.2) is 22.6 Å². The van der Waals surface area contributed by atoms with Crippen LogP contribution >= 0.6 is 11.3 Å². The van der Waals surface area contributed by atoms with Crippen molar-refractivity contribution in [1.29, 1.82) is 0 Å². The van der Waals surface area contributed by atoms with Gasteiger partial charge >= 0.3 is 5.97 Å². The summed E-state index contributed by atoms with van der Waals surface area (Å²) in [5.41, 5.74) is 0.615. The van der Waals surface area contributed by atoms with Gasteiger partial charge in [0.1, 0.15) is 4.88 Å². The Bertz CT molecular complexity index is 452. The fourth-order valence-electron chi connectivity index (χ4n) is 2.64. The molecular formula is C13H18N2O2S. The van der Waals surface area contributed by atoms with E-state index in [9.17, 15) is 4.79 Å². The SMILES string of the molecule is Cc1nc(NCC(C2CC2)C2CC2)sc1C(=O)O. The zero-order valence-corrected chi connectivity index (χ0v) is 11.3. The molecule has 0 aliphatic heterocycles. The highest BCUT2D eigenvalue weighted by molar-refractivity contribution is 7.17. The summed E-state index contributed by atoms with van der Waals surface area (Å²) in [5, 5.41) is 13.1. The number of thiazole rings is 1. The average molecular weight is 266 g/mol. The molecule has 0 aromatic carbocycles. The summed E-state index contributed by atoms with van der Waals surface area (Å²) in [6.07, 6.45) is 5.50. The fourth-order valence-corrected chi connectivity index (χ4v) is 3.45. The van der Waals surface area contributed by atoms with E-state index in [4.69, 9.17) is 5.11 Å². The van der Waals surface area contributed by atoms with Gasteiger partial charge < -0.3 is 10.4 Å². The van der Waals surface area contributed by atoms with Crippen LogP contribution in [0.3, 0.4) is 0 Å². The van der Waals surface area contributed by atoms with Gasteiger partial charge in [-0.05, 0) is 50.4 Å². The Hall–Kier alpha value is -1.10. The predicted molar refractivity (Wildman–Crippen MR) is 71.2 cm³/mol. The predicted octanol–water partition coefficient (Wildman–Crippen LogP) is 3.00. The first-order chi connectivity index (χ1) is 8.65. The van der Waals surface area contributed by atoms with E-state index in [2.05, 4.69) is 10.3 Å². The Kier molecular flexibility index (Phi) is 3.01. The van der Waals surface area contributed by atoms with Crippen LogP contribution in [0.25, 0.3) is 0 Å². The first-order valence-corrected chi connectivity index (χ1v) is 7.41. The van der Waals surface area contributed by atoms with Gasteiger partial charge in [0.15, 0.2) is 5.13 Å². The number of anilines is 1. The lowest BCUT2D eigenvalue weighted by atomic mass is 9.98. The van der Waals surface area contributed by atoms with Crippen molar-refractivity contribution in [1.82, 2.24) is 4.98 Å². The van der Waals surface area contributed by atoms with E-state index in [-0.39, 0.29) is 0 Å². The van der Waals surface area contributed by atoms with Crippen molar-refractivity contribution in [3.8, 4) is 0 Å². The highest BCUT2D eigenvalue weighted by Crippen LogP contribution is 2.49. The molecule has 0 saturated heterocycles. The number of aromatic nitrogens is 1. The quantitative estimate of drug-likeness (QED) is 0.831. The molecular weight excluding hydrogens is 248 g/mol. The Balaban J connectivity index is 1.61. The minimum atomic E-state index is -0.876. The van der Waals surface area contributed by atoms with Crippen LogP contribution in [0.1, 0.15) is 41.0 Å². The molecule has 0 radical (unpaired) electrons. The molecule has 2 fully saturated rings. The second kappa shape index (κ2) is 4.53.